The highest BCUT2D eigenvalue weighted by Gasteiger charge is 2.17. The number of amidine groups is 1. The van der Waals surface area contributed by atoms with E-state index < -0.39 is 5.82 Å². The second kappa shape index (κ2) is 6.52. The number of hydrogen-bond acceptors (Lipinski definition) is 3. The van der Waals surface area contributed by atoms with E-state index in [9.17, 15) is 4.39 Å². The van der Waals surface area contributed by atoms with Crippen LogP contribution in [0.3, 0.4) is 0 Å². The number of oxime groups is 1. The SMILES string of the molecule is N/C(=N/O)c1cccc(COCCC2CCC2)c1F. The summed E-state index contributed by atoms with van der Waals surface area (Å²) < 4.78 is 19.5. The molecule has 1 aliphatic carbocycles. The second-order valence-electron chi connectivity index (χ2n) is 4.90. The van der Waals surface area contributed by atoms with Crippen LogP contribution in [0.25, 0.3) is 0 Å². The Bertz CT molecular complexity index is 459. The maximum Gasteiger partial charge on any atom is 0.173 e. The molecule has 1 saturated carbocycles. The third kappa shape index (κ3) is 3.44. The molecule has 0 aromatic heterocycles. The Morgan fingerprint density at radius 2 is 2.26 bits per heavy atom. The van der Waals surface area contributed by atoms with Gasteiger partial charge in [-0.3, -0.25) is 0 Å². The summed E-state index contributed by atoms with van der Waals surface area (Å²) in [6.45, 7) is 0.864. The standard InChI is InChI=1S/C14H19FN2O2/c15-13-11(5-2-6-12(13)14(16)17-18)9-19-8-7-10-3-1-4-10/h2,5-6,10,18H,1,3-4,7-9H2,(H2,16,17). The van der Waals surface area contributed by atoms with Crippen molar-refractivity contribution in [3.05, 3.63) is 35.1 Å². The molecule has 19 heavy (non-hydrogen) atoms. The van der Waals surface area contributed by atoms with Crippen molar-refractivity contribution in [3.63, 3.8) is 0 Å². The van der Waals surface area contributed by atoms with Gasteiger partial charge in [-0.05, 0) is 18.4 Å². The first kappa shape index (κ1) is 13.8. The van der Waals surface area contributed by atoms with Gasteiger partial charge in [-0.25, -0.2) is 4.39 Å². The molecule has 0 saturated heterocycles. The van der Waals surface area contributed by atoms with Gasteiger partial charge < -0.3 is 15.7 Å². The summed E-state index contributed by atoms with van der Waals surface area (Å²) >= 11 is 0. The Hall–Kier alpha value is -1.62. The highest BCUT2D eigenvalue weighted by molar-refractivity contribution is 5.97. The number of halogens is 1. The van der Waals surface area contributed by atoms with Gasteiger partial charge in [0.1, 0.15) is 5.82 Å². The molecular weight excluding hydrogens is 247 g/mol. The van der Waals surface area contributed by atoms with Gasteiger partial charge in [0.05, 0.1) is 12.2 Å². The van der Waals surface area contributed by atoms with E-state index in [4.69, 9.17) is 15.7 Å². The third-order valence-electron chi connectivity index (χ3n) is 3.62. The lowest BCUT2D eigenvalue weighted by Crippen LogP contribution is -2.16. The van der Waals surface area contributed by atoms with Crippen molar-refractivity contribution in [2.24, 2.45) is 16.8 Å². The lowest BCUT2D eigenvalue weighted by molar-refractivity contribution is 0.0931. The van der Waals surface area contributed by atoms with Crippen molar-refractivity contribution in [1.82, 2.24) is 0 Å². The molecule has 1 aromatic carbocycles. The largest absolute Gasteiger partial charge is 0.409 e. The molecule has 1 fully saturated rings. The van der Waals surface area contributed by atoms with Gasteiger partial charge >= 0.3 is 0 Å². The minimum atomic E-state index is -0.485. The van der Waals surface area contributed by atoms with Crippen LogP contribution >= 0.6 is 0 Å². The highest BCUT2D eigenvalue weighted by atomic mass is 19.1. The normalized spacial score (nSPS) is 16.4. The van der Waals surface area contributed by atoms with Crippen LogP contribution in [0.5, 0.6) is 0 Å². The fraction of sp³-hybridized carbons (Fsp3) is 0.500. The lowest BCUT2D eigenvalue weighted by atomic mass is 9.83. The molecule has 104 valence electrons. The Labute approximate surface area is 112 Å². The van der Waals surface area contributed by atoms with Crippen LogP contribution in [0.4, 0.5) is 4.39 Å². The Morgan fingerprint density at radius 3 is 2.89 bits per heavy atom. The minimum absolute atomic E-state index is 0.0996. The molecule has 0 spiro atoms. The van der Waals surface area contributed by atoms with Gasteiger partial charge in [0.2, 0.25) is 0 Å². The summed E-state index contributed by atoms with van der Waals surface area (Å²) in [6.07, 6.45) is 4.94. The number of rotatable bonds is 6. The summed E-state index contributed by atoms with van der Waals surface area (Å²) in [6, 6.07) is 4.79. The quantitative estimate of drug-likeness (QED) is 0.273. The van der Waals surface area contributed by atoms with E-state index in [2.05, 4.69) is 5.16 Å². The van der Waals surface area contributed by atoms with Crippen molar-refractivity contribution in [2.45, 2.75) is 32.3 Å². The van der Waals surface area contributed by atoms with E-state index in [1.54, 1.807) is 12.1 Å². The van der Waals surface area contributed by atoms with E-state index in [1.807, 2.05) is 0 Å². The van der Waals surface area contributed by atoms with Crippen LogP contribution in [0.2, 0.25) is 0 Å². The van der Waals surface area contributed by atoms with Gasteiger partial charge in [-0.15, -0.1) is 0 Å². The van der Waals surface area contributed by atoms with Gasteiger partial charge in [0.15, 0.2) is 5.84 Å². The van der Waals surface area contributed by atoms with Crippen molar-refractivity contribution in [2.75, 3.05) is 6.61 Å². The van der Waals surface area contributed by atoms with Crippen molar-refractivity contribution in [3.8, 4) is 0 Å². The molecule has 0 bridgehead atoms. The first-order valence-electron chi connectivity index (χ1n) is 6.55. The second-order valence-corrected chi connectivity index (χ2v) is 4.90. The number of hydrogen-bond donors (Lipinski definition) is 2. The third-order valence-corrected chi connectivity index (χ3v) is 3.62. The van der Waals surface area contributed by atoms with Crippen molar-refractivity contribution >= 4 is 5.84 Å². The summed E-state index contributed by atoms with van der Waals surface area (Å²) in [4.78, 5) is 0. The molecule has 0 radical (unpaired) electrons. The average molecular weight is 266 g/mol. The van der Waals surface area contributed by atoms with E-state index in [1.165, 1.54) is 25.3 Å². The molecule has 0 atom stereocenters. The summed E-state index contributed by atoms with van der Waals surface area (Å²) in [7, 11) is 0. The Kier molecular flexibility index (Phi) is 4.74. The molecule has 0 amide bonds. The summed E-state index contributed by atoms with van der Waals surface area (Å²) in [5.74, 6) is 0.0728. The number of nitrogens with zero attached hydrogens (tertiary/aromatic N) is 1. The van der Waals surface area contributed by atoms with Crippen molar-refractivity contribution < 1.29 is 14.3 Å². The molecule has 1 aromatic rings. The average Bonchev–Trinajstić information content (AvgIpc) is 2.37. The smallest absolute Gasteiger partial charge is 0.173 e. The van der Waals surface area contributed by atoms with Crippen LogP contribution in [-0.2, 0) is 11.3 Å². The monoisotopic (exact) mass is 266 g/mol. The Balaban J connectivity index is 1.88. The zero-order valence-corrected chi connectivity index (χ0v) is 10.8. The molecule has 1 aliphatic rings. The predicted octanol–water partition coefficient (Wildman–Crippen LogP) is 2.63. The molecular formula is C14H19FN2O2. The van der Waals surface area contributed by atoms with E-state index >= 15 is 0 Å². The van der Waals surface area contributed by atoms with Crippen molar-refractivity contribution in [1.29, 1.82) is 0 Å². The molecule has 0 unspecified atom stereocenters. The zero-order valence-electron chi connectivity index (χ0n) is 10.8. The molecule has 0 heterocycles. The fourth-order valence-electron chi connectivity index (χ4n) is 2.16. The van der Waals surface area contributed by atoms with E-state index in [-0.39, 0.29) is 18.0 Å². The number of ether oxygens (including phenoxy) is 1. The van der Waals surface area contributed by atoms with Crippen LogP contribution in [0.1, 0.15) is 36.8 Å². The van der Waals surface area contributed by atoms with E-state index in [0.29, 0.717) is 12.2 Å². The van der Waals surface area contributed by atoms with Crippen LogP contribution < -0.4 is 5.73 Å². The maximum atomic E-state index is 14.0. The molecule has 0 aliphatic heterocycles. The van der Waals surface area contributed by atoms with E-state index in [0.717, 1.165) is 12.3 Å². The van der Waals surface area contributed by atoms with Crippen LogP contribution in [0, 0.1) is 11.7 Å². The molecule has 3 N–H and O–H groups in total. The van der Waals surface area contributed by atoms with Crippen LogP contribution in [0.15, 0.2) is 23.4 Å². The minimum Gasteiger partial charge on any atom is -0.409 e. The van der Waals surface area contributed by atoms with Gasteiger partial charge in [0, 0.05) is 12.2 Å². The Morgan fingerprint density at radius 1 is 1.47 bits per heavy atom. The maximum absolute atomic E-state index is 14.0. The first-order chi connectivity index (χ1) is 9.22. The predicted molar refractivity (Wildman–Crippen MR) is 70.5 cm³/mol. The first-order valence-corrected chi connectivity index (χ1v) is 6.55. The van der Waals surface area contributed by atoms with Crippen LogP contribution in [-0.4, -0.2) is 17.6 Å². The highest BCUT2D eigenvalue weighted by Crippen LogP contribution is 2.29. The summed E-state index contributed by atoms with van der Waals surface area (Å²) in [5, 5.41) is 11.4. The van der Waals surface area contributed by atoms with Gasteiger partial charge in [-0.1, -0.05) is 36.6 Å². The number of benzene rings is 1. The fourth-order valence-corrected chi connectivity index (χ4v) is 2.16. The van der Waals surface area contributed by atoms with Gasteiger partial charge in [0.25, 0.3) is 0 Å². The zero-order chi connectivity index (χ0) is 13.7. The molecule has 4 nitrogen and oxygen atoms in total. The number of nitrogens with two attached hydrogens (primary N) is 1. The lowest BCUT2D eigenvalue weighted by Gasteiger charge is -2.24. The van der Waals surface area contributed by atoms with Gasteiger partial charge in [-0.2, -0.15) is 0 Å². The molecule has 5 heteroatoms. The molecule has 2 rings (SSSR count). The topological polar surface area (TPSA) is 67.8 Å². The summed E-state index contributed by atoms with van der Waals surface area (Å²) in [5.41, 5.74) is 5.93.